The van der Waals surface area contributed by atoms with Crippen molar-refractivity contribution in [1.29, 1.82) is 0 Å². The van der Waals surface area contributed by atoms with Crippen molar-refractivity contribution in [3.8, 4) is 0 Å². The van der Waals surface area contributed by atoms with E-state index in [4.69, 9.17) is 5.11 Å². The zero-order valence-corrected chi connectivity index (χ0v) is 6.70. The number of aliphatic carboxylic acids is 1. The van der Waals surface area contributed by atoms with Crippen LogP contribution >= 0.6 is 20.7 Å². The predicted molar refractivity (Wildman–Crippen MR) is 44.9 cm³/mol. The Morgan fingerprint density at radius 2 is 2.44 bits per heavy atom. The summed E-state index contributed by atoms with van der Waals surface area (Å²) in [6.45, 7) is 0. The number of halogens is 1. The van der Waals surface area contributed by atoms with Gasteiger partial charge in [0.05, 0.1) is 5.57 Å². The van der Waals surface area contributed by atoms with Crippen LogP contribution in [0, 0.1) is 0 Å². The molecule has 48 valence electrons. The van der Waals surface area contributed by atoms with Gasteiger partial charge in [-0.3, -0.25) is 0 Å². The van der Waals surface area contributed by atoms with Gasteiger partial charge in [-0.15, -0.1) is 0 Å². The van der Waals surface area contributed by atoms with Crippen LogP contribution in [0.5, 0.6) is 0 Å². The van der Waals surface area contributed by atoms with Gasteiger partial charge in [-0.2, -0.15) is 0 Å². The third-order valence-corrected chi connectivity index (χ3v) is 2.43. The third kappa shape index (κ3) is 1.74. The summed E-state index contributed by atoms with van der Waals surface area (Å²) in [4.78, 5) is 10.2. The first-order valence-electron chi connectivity index (χ1n) is 2.36. The van der Waals surface area contributed by atoms with Crippen LogP contribution in [-0.4, -0.2) is 15.1 Å². The Balaban J connectivity index is 2.84. The fraction of sp³-hybridized carbons (Fsp3) is 0. The van der Waals surface area contributed by atoms with Crippen LogP contribution in [0.4, 0.5) is 0 Å². The molecule has 0 aromatic carbocycles. The highest BCUT2D eigenvalue weighted by atomic mass is 127. The number of carbonyl (C=O) groups is 1. The van der Waals surface area contributed by atoms with E-state index in [1.807, 2.05) is 8.09 Å². The molecular weight excluding hydrogens is 231 g/mol. The molecule has 2 nitrogen and oxygen atoms in total. The number of hydrogen-bond donors (Lipinski definition) is 1. The fourth-order valence-electron chi connectivity index (χ4n) is 0.449. The standard InChI is InChI=1S/C6H5IO2/c8-6(9)5-1-3-7-4-2-5/h1-4H,(H,8,9). The van der Waals surface area contributed by atoms with Gasteiger partial charge in [0.1, 0.15) is 0 Å². The van der Waals surface area contributed by atoms with Gasteiger partial charge < -0.3 is 5.11 Å². The maximum atomic E-state index is 10.2. The average molecular weight is 236 g/mol. The lowest BCUT2D eigenvalue weighted by molar-refractivity contribution is -0.132. The second-order valence-electron chi connectivity index (χ2n) is 1.47. The summed E-state index contributed by atoms with van der Waals surface area (Å²) in [5.41, 5.74) is 0.390. The highest BCUT2D eigenvalue weighted by Gasteiger charge is 2.01. The summed E-state index contributed by atoms with van der Waals surface area (Å²) < 4.78 is 3.87. The normalized spacial score (nSPS) is 16.2. The predicted octanol–water partition coefficient (Wildman–Crippen LogP) is 1.30. The van der Waals surface area contributed by atoms with Gasteiger partial charge in [0.2, 0.25) is 0 Å². The summed E-state index contributed by atoms with van der Waals surface area (Å²) in [5.74, 6) is -0.841. The minimum atomic E-state index is -0.841. The minimum absolute atomic E-state index is 0.0167. The van der Waals surface area contributed by atoms with Crippen molar-refractivity contribution in [2.75, 3.05) is 0 Å². The largest absolute Gasteiger partial charge is 0.478 e. The number of rotatable bonds is 1. The molecule has 1 N–H and O–H groups in total. The quantitative estimate of drug-likeness (QED) is 0.696. The Morgan fingerprint density at radius 1 is 1.67 bits per heavy atom. The van der Waals surface area contributed by atoms with E-state index in [1.54, 1.807) is 12.2 Å². The van der Waals surface area contributed by atoms with E-state index in [1.165, 1.54) is 0 Å². The van der Waals surface area contributed by atoms with Crippen LogP contribution in [-0.2, 0) is 4.79 Å². The molecule has 0 aliphatic carbocycles. The zero-order valence-electron chi connectivity index (χ0n) is 4.54. The number of hydrogen-bond acceptors (Lipinski definition) is 1. The monoisotopic (exact) mass is 236 g/mol. The van der Waals surface area contributed by atoms with Crippen LogP contribution < -0.4 is 0 Å². The van der Waals surface area contributed by atoms with Crippen molar-refractivity contribution >= 4 is 30.7 Å². The zero-order chi connectivity index (χ0) is 6.69. The Bertz CT molecular complexity index is 213. The molecule has 0 bridgehead atoms. The average Bonchev–Trinajstić information content (AvgIpc) is 1.90. The van der Waals surface area contributed by atoms with Gasteiger partial charge in [0.25, 0.3) is 0 Å². The summed E-state index contributed by atoms with van der Waals surface area (Å²) in [6, 6.07) is 0. The first-order valence-corrected chi connectivity index (χ1v) is 4.85. The van der Waals surface area contributed by atoms with Crippen molar-refractivity contribution in [2.45, 2.75) is 0 Å². The Morgan fingerprint density at radius 3 is 2.78 bits per heavy atom. The molecule has 1 aliphatic heterocycles. The molecule has 0 aromatic heterocycles. The van der Waals surface area contributed by atoms with E-state index in [-0.39, 0.29) is 20.7 Å². The van der Waals surface area contributed by atoms with Crippen molar-refractivity contribution in [3.63, 3.8) is 0 Å². The van der Waals surface area contributed by atoms with E-state index in [2.05, 4.69) is 0 Å². The van der Waals surface area contributed by atoms with Gasteiger partial charge in [0, 0.05) is 0 Å². The molecular formula is C6H5IO2. The summed E-state index contributed by atoms with van der Waals surface area (Å²) in [7, 11) is 0. The lowest BCUT2D eigenvalue weighted by Crippen LogP contribution is -1.97. The molecule has 9 heavy (non-hydrogen) atoms. The molecule has 1 heterocycles. The van der Waals surface area contributed by atoms with Crippen LogP contribution in [0.2, 0.25) is 0 Å². The molecule has 0 amide bonds. The highest BCUT2D eigenvalue weighted by Crippen LogP contribution is 2.08. The molecule has 0 saturated carbocycles. The van der Waals surface area contributed by atoms with Crippen molar-refractivity contribution in [2.24, 2.45) is 0 Å². The maximum absolute atomic E-state index is 10.2. The Kier molecular flexibility index (Phi) is 2.16. The van der Waals surface area contributed by atoms with Gasteiger partial charge in [0.15, 0.2) is 0 Å². The second kappa shape index (κ2) is 2.91. The first-order chi connectivity index (χ1) is 4.30. The number of carboxylic acid groups (broad SMARTS) is 1. The first kappa shape index (κ1) is 6.67. The van der Waals surface area contributed by atoms with Gasteiger partial charge >= 0.3 is 5.97 Å². The molecule has 0 saturated heterocycles. The summed E-state index contributed by atoms with van der Waals surface area (Å²) >= 11 is 0.0167. The molecule has 0 atom stereocenters. The molecule has 0 radical (unpaired) electrons. The van der Waals surface area contributed by atoms with Crippen LogP contribution in [0.15, 0.2) is 21.8 Å². The molecule has 0 fully saturated rings. The topological polar surface area (TPSA) is 37.3 Å². The molecule has 3 heteroatoms. The van der Waals surface area contributed by atoms with E-state index >= 15 is 0 Å². The maximum Gasteiger partial charge on any atom is 0.335 e. The molecule has 1 rings (SSSR count). The fourth-order valence-corrected chi connectivity index (χ4v) is 1.88. The Hall–Kier alpha value is -0.450. The molecule has 0 unspecified atom stereocenters. The second-order valence-corrected chi connectivity index (χ2v) is 3.63. The van der Waals surface area contributed by atoms with Gasteiger partial charge in [-0.05, 0) is 20.2 Å². The summed E-state index contributed by atoms with van der Waals surface area (Å²) in [5, 5.41) is 8.41. The van der Waals surface area contributed by atoms with E-state index in [0.29, 0.717) is 5.57 Å². The highest BCUT2D eigenvalue weighted by molar-refractivity contribution is 14.2. The van der Waals surface area contributed by atoms with Crippen molar-refractivity contribution in [3.05, 3.63) is 21.8 Å². The van der Waals surface area contributed by atoms with Crippen LogP contribution in [0.1, 0.15) is 0 Å². The lowest BCUT2D eigenvalue weighted by Gasteiger charge is -1.92. The molecule has 0 aromatic rings. The van der Waals surface area contributed by atoms with Crippen molar-refractivity contribution < 1.29 is 9.90 Å². The number of allylic oxidation sites excluding steroid dienone is 1. The summed E-state index contributed by atoms with van der Waals surface area (Å²) in [6.07, 6.45) is 3.32. The molecule has 0 spiro atoms. The van der Waals surface area contributed by atoms with E-state index < -0.39 is 5.97 Å². The Labute approximate surface area is 62.6 Å². The van der Waals surface area contributed by atoms with Crippen LogP contribution in [0.3, 0.4) is 0 Å². The van der Waals surface area contributed by atoms with Crippen molar-refractivity contribution in [1.82, 2.24) is 0 Å². The smallest absolute Gasteiger partial charge is 0.335 e. The minimum Gasteiger partial charge on any atom is -0.478 e. The van der Waals surface area contributed by atoms with Gasteiger partial charge in [-0.1, -0.05) is 20.7 Å². The van der Waals surface area contributed by atoms with Crippen LogP contribution in [0.25, 0.3) is 0 Å². The van der Waals surface area contributed by atoms with Gasteiger partial charge in [-0.25, -0.2) is 4.79 Å². The SMILES string of the molecule is O=C(O)C1=CC=IC=C1. The third-order valence-electron chi connectivity index (χ3n) is 0.878. The molecule has 1 aliphatic rings. The lowest BCUT2D eigenvalue weighted by atomic mass is 10.2. The van der Waals surface area contributed by atoms with E-state index in [0.717, 1.165) is 0 Å². The van der Waals surface area contributed by atoms with E-state index in [9.17, 15) is 4.79 Å². The number of carboxylic acids is 1.